The Kier molecular flexibility index (Phi) is 3.21. The first-order chi connectivity index (χ1) is 9.79. The highest BCUT2D eigenvalue weighted by Gasteiger charge is 2.18. The molecule has 0 aliphatic rings. The Morgan fingerprint density at radius 3 is 2.75 bits per heavy atom. The number of hydrogen-bond acceptors (Lipinski definition) is 7. The maximum Gasteiger partial charge on any atom is 0.206 e. The molecule has 2 heterocycles. The second-order valence-corrected chi connectivity index (χ2v) is 4.84. The van der Waals surface area contributed by atoms with E-state index >= 15 is 0 Å². The van der Waals surface area contributed by atoms with E-state index in [9.17, 15) is 5.21 Å². The Morgan fingerprint density at radius 2 is 2.10 bits per heavy atom. The van der Waals surface area contributed by atoms with Crippen LogP contribution in [-0.4, -0.2) is 36.1 Å². The summed E-state index contributed by atoms with van der Waals surface area (Å²) in [6.07, 6.45) is 0. The highest BCUT2D eigenvalue weighted by Crippen LogP contribution is 2.24. The van der Waals surface area contributed by atoms with Crippen molar-refractivity contribution in [2.45, 2.75) is 0 Å². The van der Waals surface area contributed by atoms with Crippen LogP contribution in [0.2, 0.25) is 0 Å². The minimum Gasteiger partial charge on any atom is -0.410 e. The summed E-state index contributed by atoms with van der Waals surface area (Å²) in [5, 5.41) is 26.2. The maximum atomic E-state index is 9.20. The topological polar surface area (TPSA) is 89.1 Å². The Hall–Kier alpha value is -2.61. The number of rotatable bonds is 3. The number of hydrogen-bond donors (Lipinski definition) is 1. The van der Waals surface area contributed by atoms with Crippen LogP contribution in [0.15, 0.2) is 40.9 Å². The molecule has 0 amide bonds. The normalized spacial score (nSPS) is 11.8. The zero-order valence-electron chi connectivity index (χ0n) is 10.5. The van der Waals surface area contributed by atoms with Crippen LogP contribution in [0.4, 0.5) is 0 Å². The molecule has 100 valence electrons. The lowest BCUT2D eigenvalue weighted by Gasteiger charge is -1.98. The Balaban J connectivity index is 2.00. The largest absolute Gasteiger partial charge is 0.410 e. The molecule has 3 aromatic rings. The van der Waals surface area contributed by atoms with E-state index in [-0.39, 0.29) is 5.71 Å². The van der Waals surface area contributed by atoms with Crippen molar-refractivity contribution in [2.75, 3.05) is 0 Å². The van der Waals surface area contributed by atoms with Crippen LogP contribution in [0.3, 0.4) is 0 Å². The van der Waals surface area contributed by atoms with E-state index in [1.165, 1.54) is 16.0 Å². The first-order valence-corrected chi connectivity index (χ1v) is 6.63. The highest BCUT2D eigenvalue weighted by molar-refractivity contribution is 7.13. The van der Waals surface area contributed by atoms with Gasteiger partial charge in [-0.2, -0.15) is 0 Å². The number of aryl methyl sites for hydroxylation is 1. The number of tetrazole rings is 1. The molecule has 3 rings (SSSR count). The molecule has 0 aliphatic carbocycles. The fourth-order valence-electron chi connectivity index (χ4n) is 1.74. The number of oxime groups is 1. The summed E-state index contributed by atoms with van der Waals surface area (Å²) in [5.74, 6) is 0.359. The lowest BCUT2D eigenvalue weighted by Crippen LogP contribution is -2.11. The van der Waals surface area contributed by atoms with Crippen molar-refractivity contribution in [3.63, 3.8) is 0 Å². The average Bonchev–Trinajstić information content (AvgIpc) is 3.12. The molecular weight excluding hydrogens is 276 g/mol. The van der Waals surface area contributed by atoms with Crippen molar-refractivity contribution in [3.8, 4) is 10.6 Å². The summed E-state index contributed by atoms with van der Waals surface area (Å²) in [7, 11) is 1.67. The van der Waals surface area contributed by atoms with Gasteiger partial charge in [0.1, 0.15) is 10.7 Å². The fourth-order valence-corrected chi connectivity index (χ4v) is 2.55. The number of aromatic nitrogens is 5. The van der Waals surface area contributed by atoms with E-state index in [2.05, 4.69) is 25.7 Å². The third-order valence-corrected chi connectivity index (χ3v) is 3.59. The lowest BCUT2D eigenvalue weighted by atomic mass is 10.2. The number of nitrogens with zero attached hydrogens (tertiary/aromatic N) is 6. The zero-order chi connectivity index (χ0) is 13.9. The van der Waals surface area contributed by atoms with Gasteiger partial charge >= 0.3 is 0 Å². The summed E-state index contributed by atoms with van der Waals surface area (Å²) in [6.45, 7) is 0. The summed E-state index contributed by atoms with van der Waals surface area (Å²) < 4.78 is 1.43. The number of benzene rings is 1. The predicted molar refractivity (Wildman–Crippen MR) is 73.8 cm³/mol. The molecule has 0 atom stereocenters. The molecule has 0 aliphatic heterocycles. The van der Waals surface area contributed by atoms with Crippen LogP contribution in [-0.2, 0) is 7.05 Å². The summed E-state index contributed by atoms with van der Waals surface area (Å²) in [6, 6.07) is 9.79. The van der Waals surface area contributed by atoms with Gasteiger partial charge in [-0.25, -0.2) is 9.67 Å². The second-order valence-electron chi connectivity index (χ2n) is 3.98. The molecule has 0 fully saturated rings. The average molecular weight is 286 g/mol. The van der Waals surface area contributed by atoms with E-state index in [0.717, 1.165) is 10.6 Å². The number of thiazole rings is 1. The molecular formula is C12H10N6OS. The quantitative estimate of drug-likeness (QED) is 0.448. The molecule has 0 saturated heterocycles. The zero-order valence-corrected chi connectivity index (χ0v) is 11.3. The standard InChI is InChI=1S/C12H10N6OS/c1-18-11(14-16-17-18)10(15-19)9-7-20-12(13-9)8-5-3-2-4-6-8/h2-7,19H,1H3/b15-10-. The fraction of sp³-hybridized carbons (Fsp3) is 0.0833. The second kappa shape index (κ2) is 5.17. The van der Waals surface area contributed by atoms with Crippen molar-refractivity contribution in [3.05, 3.63) is 47.2 Å². The molecule has 20 heavy (non-hydrogen) atoms. The third-order valence-electron chi connectivity index (χ3n) is 2.70. The van der Waals surface area contributed by atoms with Gasteiger partial charge in [-0.05, 0) is 10.4 Å². The Labute approximate surface area is 118 Å². The Morgan fingerprint density at radius 1 is 1.30 bits per heavy atom. The van der Waals surface area contributed by atoms with Gasteiger partial charge in [0, 0.05) is 18.0 Å². The minimum atomic E-state index is 0.246. The van der Waals surface area contributed by atoms with Gasteiger partial charge in [-0.15, -0.1) is 16.4 Å². The van der Waals surface area contributed by atoms with Gasteiger partial charge in [-0.1, -0.05) is 35.5 Å². The summed E-state index contributed by atoms with van der Waals surface area (Å²) in [5.41, 5.74) is 1.79. The van der Waals surface area contributed by atoms with Crippen LogP contribution in [0, 0.1) is 0 Å². The van der Waals surface area contributed by atoms with Crippen molar-refractivity contribution in [1.82, 2.24) is 25.2 Å². The first-order valence-electron chi connectivity index (χ1n) is 5.75. The Bertz CT molecular complexity index is 748. The smallest absolute Gasteiger partial charge is 0.206 e. The van der Waals surface area contributed by atoms with Crippen LogP contribution in [0.25, 0.3) is 10.6 Å². The molecule has 1 N–H and O–H groups in total. The molecule has 0 spiro atoms. The summed E-state index contributed by atoms with van der Waals surface area (Å²) >= 11 is 1.47. The molecule has 7 nitrogen and oxygen atoms in total. The van der Waals surface area contributed by atoms with Gasteiger partial charge in [0.25, 0.3) is 0 Å². The molecule has 2 aromatic heterocycles. The molecule has 0 bridgehead atoms. The monoisotopic (exact) mass is 286 g/mol. The van der Waals surface area contributed by atoms with Crippen molar-refractivity contribution >= 4 is 17.0 Å². The molecule has 0 radical (unpaired) electrons. The predicted octanol–water partition coefficient (Wildman–Crippen LogP) is 1.56. The molecule has 0 unspecified atom stereocenters. The first kappa shape index (κ1) is 12.4. The molecule has 8 heteroatoms. The van der Waals surface area contributed by atoms with Crippen molar-refractivity contribution in [1.29, 1.82) is 0 Å². The SMILES string of the molecule is Cn1nnnc1/C(=N\O)c1csc(-c2ccccc2)n1. The van der Waals surface area contributed by atoms with Gasteiger partial charge < -0.3 is 5.21 Å². The van der Waals surface area contributed by atoms with E-state index in [4.69, 9.17) is 0 Å². The van der Waals surface area contributed by atoms with E-state index in [1.54, 1.807) is 7.05 Å². The molecule has 1 aromatic carbocycles. The van der Waals surface area contributed by atoms with Crippen molar-refractivity contribution < 1.29 is 5.21 Å². The van der Waals surface area contributed by atoms with Crippen LogP contribution in [0.5, 0.6) is 0 Å². The van der Waals surface area contributed by atoms with Gasteiger partial charge in [0.15, 0.2) is 5.71 Å². The minimum absolute atomic E-state index is 0.246. The van der Waals surface area contributed by atoms with E-state index in [1.807, 2.05) is 35.7 Å². The van der Waals surface area contributed by atoms with Crippen LogP contribution >= 0.6 is 11.3 Å². The summed E-state index contributed by atoms with van der Waals surface area (Å²) in [4.78, 5) is 4.47. The van der Waals surface area contributed by atoms with Crippen molar-refractivity contribution in [2.24, 2.45) is 12.2 Å². The van der Waals surface area contributed by atoms with E-state index in [0.29, 0.717) is 11.5 Å². The maximum absolute atomic E-state index is 9.20. The van der Waals surface area contributed by atoms with E-state index < -0.39 is 0 Å². The van der Waals surface area contributed by atoms with Gasteiger partial charge in [-0.3, -0.25) is 0 Å². The third kappa shape index (κ3) is 2.16. The highest BCUT2D eigenvalue weighted by atomic mass is 32.1. The lowest BCUT2D eigenvalue weighted by molar-refractivity contribution is 0.319. The van der Waals surface area contributed by atoms with Gasteiger partial charge in [0.2, 0.25) is 5.82 Å². The van der Waals surface area contributed by atoms with Crippen LogP contribution in [0.1, 0.15) is 11.5 Å². The van der Waals surface area contributed by atoms with Gasteiger partial charge in [0.05, 0.1) is 0 Å². The molecule has 0 saturated carbocycles. The van der Waals surface area contributed by atoms with Crippen LogP contribution < -0.4 is 0 Å².